The van der Waals surface area contributed by atoms with E-state index >= 15 is 0 Å². The summed E-state index contributed by atoms with van der Waals surface area (Å²) in [4.78, 5) is 4.59. The van der Waals surface area contributed by atoms with Gasteiger partial charge in [0.2, 0.25) is 0 Å². The maximum absolute atomic E-state index is 4.59. The van der Waals surface area contributed by atoms with Gasteiger partial charge in [0.25, 0.3) is 5.82 Å². The van der Waals surface area contributed by atoms with E-state index in [1.165, 1.54) is 33.4 Å². The van der Waals surface area contributed by atoms with Crippen molar-refractivity contribution in [1.82, 2.24) is 9.55 Å². The van der Waals surface area contributed by atoms with Crippen molar-refractivity contribution in [3.8, 4) is 28.2 Å². The molecule has 0 spiro atoms. The zero-order valence-corrected chi connectivity index (χ0v) is 19.1. The molecule has 158 valence electrons. The van der Waals surface area contributed by atoms with Crippen molar-refractivity contribution in [2.75, 3.05) is 0 Å². The summed E-state index contributed by atoms with van der Waals surface area (Å²) in [5.74, 6) is 1.52. The van der Waals surface area contributed by atoms with Crippen LogP contribution in [0.15, 0.2) is 91.1 Å². The van der Waals surface area contributed by atoms with E-state index in [4.69, 9.17) is 0 Å². The molecule has 3 heteroatoms. The maximum Gasteiger partial charge on any atom is 0.296 e. The molecule has 0 fully saturated rings. The SMILES string of the molecule is Cc1ncccc1-c1n(-c2ccc(-c3ccccc3)cc2C(C)C)c2ccccc2[n+]1C. The molecule has 3 nitrogen and oxygen atoms in total. The Labute approximate surface area is 189 Å². The molecule has 2 aromatic heterocycles. The summed E-state index contributed by atoms with van der Waals surface area (Å²) < 4.78 is 4.69. The van der Waals surface area contributed by atoms with E-state index in [0.717, 1.165) is 17.1 Å². The van der Waals surface area contributed by atoms with E-state index in [1.54, 1.807) is 0 Å². The van der Waals surface area contributed by atoms with E-state index in [1.807, 2.05) is 12.3 Å². The van der Waals surface area contributed by atoms with Gasteiger partial charge >= 0.3 is 0 Å². The molecule has 0 N–H and O–H groups in total. The molecule has 0 radical (unpaired) electrons. The number of para-hydroxylation sites is 2. The number of fused-ring (bicyclic) bond motifs is 1. The number of hydrogen-bond donors (Lipinski definition) is 0. The van der Waals surface area contributed by atoms with Gasteiger partial charge in [0, 0.05) is 11.8 Å². The summed E-state index contributed by atoms with van der Waals surface area (Å²) in [7, 11) is 2.15. The van der Waals surface area contributed by atoms with Crippen LogP contribution in [0.4, 0.5) is 0 Å². The van der Waals surface area contributed by atoms with E-state index < -0.39 is 0 Å². The van der Waals surface area contributed by atoms with Gasteiger partial charge in [-0.2, -0.15) is 4.57 Å². The lowest BCUT2D eigenvalue weighted by atomic mass is 9.95. The predicted molar refractivity (Wildman–Crippen MR) is 132 cm³/mol. The van der Waals surface area contributed by atoms with E-state index in [-0.39, 0.29) is 0 Å². The smallest absolute Gasteiger partial charge is 0.261 e. The fraction of sp³-hybridized carbons (Fsp3) is 0.172. The van der Waals surface area contributed by atoms with Crippen molar-refractivity contribution in [3.63, 3.8) is 0 Å². The first kappa shape index (κ1) is 20.2. The molecule has 0 saturated heterocycles. The average Bonchev–Trinajstić information content (AvgIpc) is 3.12. The molecule has 32 heavy (non-hydrogen) atoms. The van der Waals surface area contributed by atoms with Crippen LogP contribution in [-0.4, -0.2) is 9.55 Å². The monoisotopic (exact) mass is 418 g/mol. The topological polar surface area (TPSA) is 21.7 Å². The van der Waals surface area contributed by atoms with Gasteiger partial charge < -0.3 is 0 Å². The van der Waals surface area contributed by atoms with Crippen LogP contribution < -0.4 is 4.57 Å². The molecule has 0 aliphatic heterocycles. The van der Waals surface area contributed by atoms with Crippen molar-refractivity contribution in [3.05, 3.63) is 102 Å². The number of hydrogen-bond acceptors (Lipinski definition) is 1. The molecule has 5 aromatic rings. The number of aryl methyl sites for hydroxylation is 2. The molecule has 3 aromatic carbocycles. The number of imidazole rings is 1. The molecule has 5 rings (SSSR count). The lowest BCUT2D eigenvalue weighted by Crippen LogP contribution is -2.30. The minimum atomic E-state index is 0.378. The number of pyridine rings is 1. The zero-order chi connectivity index (χ0) is 22.2. The van der Waals surface area contributed by atoms with Crippen molar-refractivity contribution in [1.29, 1.82) is 0 Å². The van der Waals surface area contributed by atoms with Gasteiger partial charge in [-0.3, -0.25) is 4.98 Å². The van der Waals surface area contributed by atoms with Crippen LogP contribution in [0.5, 0.6) is 0 Å². The predicted octanol–water partition coefficient (Wildman–Crippen LogP) is 6.62. The molecule has 0 saturated carbocycles. The molecule has 0 amide bonds. The van der Waals surface area contributed by atoms with Gasteiger partial charge in [0.15, 0.2) is 11.0 Å². The van der Waals surface area contributed by atoms with Gasteiger partial charge in [0.05, 0.1) is 18.3 Å². The highest BCUT2D eigenvalue weighted by molar-refractivity contribution is 5.80. The van der Waals surface area contributed by atoms with Gasteiger partial charge in [-0.05, 0) is 60.4 Å². The Morgan fingerprint density at radius 1 is 0.812 bits per heavy atom. The summed E-state index contributed by atoms with van der Waals surface area (Å²) in [6.07, 6.45) is 1.86. The Balaban J connectivity index is 1.84. The number of aromatic nitrogens is 3. The average molecular weight is 419 g/mol. The van der Waals surface area contributed by atoms with Crippen molar-refractivity contribution in [2.24, 2.45) is 7.05 Å². The van der Waals surface area contributed by atoms with Crippen molar-refractivity contribution in [2.45, 2.75) is 26.7 Å². The minimum absolute atomic E-state index is 0.378. The van der Waals surface area contributed by atoms with E-state index in [0.29, 0.717) is 5.92 Å². The fourth-order valence-electron chi connectivity index (χ4n) is 4.61. The quantitative estimate of drug-likeness (QED) is 0.301. The molecule has 2 heterocycles. The molecule has 0 aliphatic rings. The molecular weight excluding hydrogens is 390 g/mol. The third kappa shape index (κ3) is 3.31. The summed E-state index contributed by atoms with van der Waals surface area (Å²) in [6, 6.07) is 30.3. The lowest BCUT2D eigenvalue weighted by molar-refractivity contribution is -0.633. The van der Waals surface area contributed by atoms with Crippen LogP contribution in [0, 0.1) is 6.92 Å². The minimum Gasteiger partial charge on any atom is -0.261 e. The largest absolute Gasteiger partial charge is 0.296 e. The zero-order valence-electron chi connectivity index (χ0n) is 19.1. The Morgan fingerprint density at radius 3 is 2.31 bits per heavy atom. The normalized spacial score (nSPS) is 11.4. The molecule has 0 unspecified atom stereocenters. The Kier molecular flexibility index (Phi) is 5.10. The van der Waals surface area contributed by atoms with E-state index in [2.05, 4.69) is 121 Å². The Bertz CT molecular complexity index is 1410. The first-order chi connectivity index (χ1) is 15.6. The Hall–Kier alpha value is -3.72. The summed E-state index contributed by atoms with van der Waals surface area (Å²) in [5, 5.41) is 0. The van der Waals surface area contributed by atoms with Crippen LogP contribution in [0.3, 0.4) is 0 Å². The van der Waals surface area contributed by atoms with Crippen molar-refractivity contribution >= 4 is 11.0 Å². The van der Waals surface area contributed by atoms with Crippen LogP contribution in [-0.2, 0) is 7.05 Å². The van der Waals surface area contributed by atoms with Crippen molar-refractivity contribution < 1.29 is 4.57 Å². The van der Waals surface area contributed by atoms with Gasteiger partial charge in [0.1, 0.15) is 5.69 Å². The standard InChI is InChI=1S/C29H28N3/c1-20(2)25-19-23(22-11-6-5-7-12-22)16-17-26(25)32-28-15-9-8-14-27(28)31(4)29(32)24-13-10-18-30-21(24)3/h5-20H,1-4H3/q+1. The number of nitrogens with zero attached hydrogens (tertiary/aromatic N) is 3. The number of rotatable bonds is 4. The van der Waals surface area contributed by atoms with Gasteiger partial charge in [-0.15, -0.1) is 0 Å². The summed E-state index contributed by atoms with van der Waals surface area (Å²) >= 11 is 0. The molecule has 0 aliphatic carbocycles. The summed E-state index contributed by atoms with van der Waals surface area (Å²) in [6.45, 7) is 6.63. The second-order valence-electron chi connectivity index (χ2n) is 8.64. The third-order valence-electron chi connectivity index (χ3n) is 6.26. The molecule has 0 atom stereocenters. The number of benzene rings is 3. The second kappa shape index (κ2) is 8.08. The first-order valence-corrected chi connectivity index (χ1v) is 11.2. The Morgan fingerprint density at radius 2 is 1.56 bits per heavy atom. The van der Waals surface area contributed by atoms with Crippen LogP contribution >= 0.6 is 0 Å². The fourth-order valence-corrected chi connectivity index (χ4v) is 4.61. The molecule has 0 bridgehead atoms. The third-order valence-corrected chi connectivity index (χ3v) is 6.26. The van der Waals surface area contributed by atoms with Crippen LogP contribution in [0.1, 0.15) is 31.0 Å². The van der Waals surface area contributed by atoms with Gasteiger partial charge in [-0.1, -0.05) is 62.4 Å². The maximum atomic E-state index is 4.59. The van der Waals surface area contributed by atoms with E-state index in [9.17, 15) is 0 Å². The summed E-state index contributed by atoms with van der Waals surface area (Å²) in [5.41, 5.74) is 9.61. The van der Waals surface area contributed by atoms with Gasteiger partial charge in [-0.25, -0.2) is 4.57 Å². The first-order valence-electron chi connectivity index (χ1n) is 11.2. The molecular formula is C29H28N3+. The lowest BCUT2D eigenvalue weighted by Gasteiger charge is -2.14. The second-order valence-corrected chi connectivity index (χ2v) is 8.64. The highest BCUT2D eigenvalue weighted by Gasteiger charge is 2.29. The van der Waals surface area contributed by atoms with Crippen LogP contribution in [0.25, 0.3) is 39.2 Å². The highest BCUT2D eigenvalue weighted by Crippen LogP contribution is 2.34. The highest BCUT2D eigenvalue weighted by atomic mass is 15.2. The van der Waals surface area contributed by atoms with Crippen LogP contribution in [0.2, 0.25) is 0 Å².